The molecular formula is C15H21BrN4O. The predicted molar refractivity (Wildman–Crippen MR) is 85.3 cm³/mol. The molecule has 3 rings (SSSR count). The van der Waals surface area contributed by atoms with E-state index in [4.69, 9.17) is 4.98 Å². The van der Waals surface area contributed by atoms with Crippen LogP contribution in [0.1, 0.15) is 44.9 Å². The van der Waals surface area contributed by atoms with Crippen molar-refractivity contribution in [1.82, 2.24) is 15.3 Å². The van der Waals surface area contributed by atoms with Crippen molar-refractivity contribution >= 4 is 27.7 Å². The molecule has 0 aromatic carbocycles. The van der Waals surface area contributed by atoms with Gasteiger partial charge in [0, 0.05) is 37.5 Å². The van der Waals surface area contributed by atoms with E-state index in [1.807, 2.05) is 6.07 Å². The van der Waals surface area contributed by atoms with Crippen molar-refractivity contribution in [2.24, 2.45) is 5.92 Å². The normalized spacial score (nSPS) is 25.7. The highest BCUT2D eigenvalue weighted by Gasteiger charge is 2.34. The molecule has 2 aliphatic heterocycles. The molecule has 2 saturated heterocycles. The number of halogens is 1. The summed E-state index contributed by atoms with van der Waals surface area (Å²) in [6.45, 7) is 6.11. The summed E-state index contributed by atoms with van der Waals surface area (Å²) < 4.78 is 0.843. The van der Waals surface area contributed by atoms with Crippen LogP contribution in [-0.4, -0.2) is 35.0 Å². The van der Waals surface area contributed by atoms with E-state index in [2.05, 4.69) is 45.0 Å². The molecule has 21 heavy (non-hydrogen) atoms. The first kappa shape index (κ1) is 14.8. The van der Waals surface area contributed by atoms with Crippen molar-refractivity contribution in [3.63, 3.8) is 0 Å². The van der Waals surface area contributed by atoms with Gasteiger partial charge in [0.2, 0.25) is 5.91 Å². The largest absolute Gasteiger partial charge is 0.356 e. The number of aromatic nitrogens is 2. The number of nitrogens with zero attached hydrogens (tertiary/aromatic N) is 3. The van der Waals surface area contributed by atoms with E-state index in [0.717, 1.165) is 42.2 Å². The van der Waals surface area contributed by atoms with Crippen molar-refractivity contribution in [3.8, 4) is 0 Å². The third-order valence-electron chi connectivity index (χ3n) is 4.36. The zero-order valence-electron chi connectivity index (χ0n) is 12.5. The minimum atomic E-state index is 0.205. The molecule has 0 aliphatic carbocycles. The summed E-state index contributed by atoms with van der Waals surface area (Å²) in [5.41, 5.74) is 0. The first-order valence-electron chi connectivity index (χ1n) is 7.61. The minimum Gasteiger partial charge on any atom is -0.356 e. The van der Waals surface area contributed by atoms with Gasteiger partial charge in [0.05, 0.1) is 0 Å². The van der Waals surface area contributed by atoms with Crippen molar-refractivity contribution in [3.05, 3.63) is 16.5 Å². The molecule has 0 spiro atoms. The molecule has 1 N–H and O–H groups in total. The van der Waals surface area contributed by atoms with Crippen molar-refractivity contribution in [2.45, 2.75) is 45.1 Å². The number of piperidine rings is 2. The molecule has 2 unspecified atom stereocenters. The van der Waals surface area contributed by atoms with E-state index in [1.165, 1.54) is 0 Å². The maximum atomic E-state index is 11.5. The number of hydrogen-bond donors (Lipinski definition) is 1. The second kappa shape index (κ2) is 5.91. The number of rotatable bonds is 2. The van der Waals surface area contributed by atoms with Crippen LogP contribution in [0.2, 0.25) is 0 Å². The van der Waals surface area contributed by atoms with Gasteiger partial charge in [-0.05, 0) is 34.7 Å². The fourth-order valence-electron chi connectivity index (χ4n) is 3.16. The maximum absolute atomic E-state index is 11.5. The van der Waals surface area contributed by atoms with E-state index in [0.29, 0.717) is 24.3 Å². The number of amides is 1. The fraction of sp³-hybridized carbons (Fsp3) is 0.667. The summed E-state index contributed by atoms with van der Waals surface area (Å²) in [5, 5.41) is 3.12. The smallest absolute Gasteiger partial charge is 0.220 e. The molecule has 2 fully saturated rings. The Hall–Kier alpha value is -1.17. The van der Waals surface area contributed by atoms with E-state index in [9.17, 15) is 4.79 Å². The molecule has 5 nitrogen and oxygen atoms in total. The molecule has 0 radical (unpaired) electrons. The summed E-state index contributed by atoms with van der Waals surface area (Å²) >= 11 is 3.49. The number of fused-ring (bicyclic) bond motifs is 1. The number of hydrogen-bond acceptors (Lipinski definition) is 4. The number of carbonyl (C=O) groups is 1. The Morgan fingerprint density at radius 3 is 2.95 bits per heavy atom. The highest BCUT2D eigenvalue weighted by Crippen LogP contribution is 2.29. The molecule has 114 valence electrons. The lowest BCUT2D eigenvalue weighted by Gasteiger charge is -2.42. The van der Waals surface area contributed by atoms with Gasteiger partial charge in [-0.1, -0.05) is 13.8 Å². The SMILES string of the molecule is CC(C)c1nc(Br)cc(N2CCC3NC(=O)CCC3C2)n1. The molecule has 6 heteroatoms. The van der Waals surface area contributed by atoms with Crippen LogP contribution in [0, 0.1) is 5.92 Å². The topological polar surface area (TPSA) is 58.1 Å². The predicted octanol–water partition coefficient (Wildman–Crippen LogP) is 2.47. The zero-order valence-corrected chi connectivity index (χ0v) is 14.1. The van der Waals surface area contributed by atoms with Crippen molar-refractivity contribution < 1.29 is 4.79 Å². The first-order valence-corrected chi connectivity index (χ1v) is 8.41. The average Bonchev–Trinajstić information content (AvgIpc) is 2.46. The second-order valence-electron chi connectivity index (χ2n) is 6.27. The fourth-order valence-corrected chi connectivity index (χ4v) is 3.55. The number of anilines is 1. The molecule has 2 aliphatic rings. The van der Waals surface area contributed by atoms with E-state index in [-0.39, 0.29) is 5.91 Å². The summed E-state index contributed by atoms with van der Waals surface area (Å²) in [6, 6.07) is 2.34. The molecule has 0 bridgehead atoms. The highest BCUT2D eigenvalue weighted by molar-refractivity contribution is 9.10. The molecule has 1 aromatic heterocycles. The van der Waals surface area contributed by atoms with Gasteiger partial charge in [0.1, 0.15) is 16.2 Å². The number of nitrogens with one attached hydrogen (secondary N) is 1. The Morgan fingerprint density at radius 2 is 2.19 bits per heavy atom. The van der Waals surface area contributed by atoms with Gasteiger partial charge in [-0.25, -0.2) is 9.97 Å². The molecular weight excluding hydrogens is 332 g/mol. The van der Waals surface area contributed by atoms with Crippen molar-refractivity contribution in [2.75, 3.05) is 18.0 Å². The molecule has 2 atom stereocenters. The minimum absolute atomic E-state index is 0.205. The maximum Gasteiger partial charge on any atom is 0.220 e. The van der Waals surface area contributed by atoms with E-state index < -0.39 is 0 Å². The highest BCUT2D eigenvalue weighted by atomic mass is 79.9. The third-order valence-corrected chi connectivity index (χ3v) is 4.77. The zero-order chi connectivity index (χ0) is 15.0. The Bertz CT molecular complexity index is 548. The van der Waals surface area contributed by atoms with Gasteiger partial charge < -0.3 is 10.2 Å². The Kier molecular flexibility index (Phi) is 4.15. The molecule has 0 saturated carbocycles. The van der Waals surface area contributed by atoms with Gasteiger partial charge in [-0.2, -0.15) is 0 Å². The summed E-state index contributed by atoms with van der Waals surface area (Å²) in [6.07, 6.45) is 2.63. The van der Waals surface area contributed by atoms with Crippen LogP contribution < -0.4 is 10.2 Å². The Labute approximate surface area is 133 Å². The van der Waals surface area contributed by atoms with Crippen LogP contribution in [0.4, 0.5) is 5.82 Å². The Balaban J connectivity index is 1.78. The van der Waals surface area contributed by atoms with Gasteiger partial charge >= 0.3 is 0 Å². The summed E-state index contributed by atoms with van der Waals surface area (Å²) in [7, 11) is 0. The lowest BCUT2D eigenvalue weighted by molar-refractivity contribution is -0.124. The molecule has 3 heterocycles. The van der Waals surface area contributed by atoms with Gasteiger partial charge in [0.25, 0.3) is 0 Å². The molecule has 1 aromatic rings. The van der Waals surface area contributed by atoms with Gasteiger partial charge in [0.15, 0.2) is 0 Å². The molecule has 1 amide bonds. The van der Waals surface area contributed by atoms with Crippen LogP contribution in [0.25, 0.3) is 0 Å². The standard InChI is InChI=1S/C15H21BrN4O/c1-9(2)15-18-12(16)7-13(19-15)20-6-5-11-10(8-20)3-4-14(21)17-11/h7,9-11H,3-6,8H2,1-2H3,(H,17,21). The van der Waals surface area contributed by atoms with E-state index >= 15 is 0 Å². The Morgan fingerprint density at radius 1 is 1.38 bits per heavy atom. The monoisotopic (exact) mass is 352 g/mol. The number of carbonyl (C=O) groups excluding carboxylic acids is 1. The second-order valence-corrected chi connectivity index (χ2v) is 7.08. The van der Waals surface area contributed by atoms with E-state index in [1.54, 1.807) is 0 Å². The third kappa shape index (κ3) is 3.20. The van der Waals surface area contributed by atoms with Crippen LogP contribution in [-0.2, 0) is 4.79 Å². The van der Waals surface area contributed by atoms with Crippen molar-refractivity contribution in [1.29, 1.82) is 0 Å². The van der Waals surface area contributed by atoms with Crippen LogP contribution in [0.3, 0.4) is 0 Å². The summed E-state index contributed by atoms with van der Waals surface area (Å²) in [5.74, 6) is 2.92. The lowest BCUT2D eigenvalue weighted by Crippen LogP contribution is -2.54. The lowest BCUT2D eigenvalue weighted by atomic mass is 9.85. The first-order chi connectivity index (χ1) is 10.0. The van der Waals surface area contributed by atoms with Crippen LogP contribution in [0.15, 0.2) is 10.7 Å². The van der Waals surface area contributed by atoms with Gasteiger partial charge in [-0.15, -0.1) is 0 Å². The quantitative estimate of drug-likeness (QED) is 0.830. The van der Waals surface area contributed by atoms with Crippen LogP contribution >= 0.6 is 15.9 Å². The van der Waals surface area contributed by atoms with Crippen LogP contribution in [0.5, 0.6) is 0 Å². The average molecular weight is 353 g/mol. The summed E-state index contributed by atoms with van der Waals surface area (Å²) in [4.78, 5) is 23.0. The van der Waals surface area contributed by atoms with Gasteiger partial charge in [-0.3, -0.25) is 4.79 Å².